The van der Waals surface area contributed by atoms with Crippen LogP contribution in [0.4, 0.5) is 0 Å². The summed E-state index contributed by atoms with van der Waals surface area (Å²) < 4.78 is 20.2. The summed E-state index contributed by atoms with van der Waals surface area (Å²) in [5, 5.41) is 0. The Morgan fingerprint density at radius 3 is 2.71 bits per heavy atom. The van der Waals surface area contributed by atoms with Gasteiger partial charge < -0.3 is 14.2 Å². The van der Waals surface area contributed by atoms with Crippen LogP contribution < -0.4 is 5.56 Å². The molecule has 0 aromatic carbocycles. The molecule has 0 saturated carbocycles. The Morgan fingerprint density at radius 1 is 1.46 bits per heavy atom. The summed E-state index contributed by atoms with van der Waals surface area (Å²) in [6.07, 6.45) is 1.98. The van der Waals surface area contributed by atoms with Gasteiger partial charge in [-0.05, 0) is 53.8 Å². The molecule has 24 heavy (non-hydrogen) atoms. The molecule has 2 rings (SSSR count). The predicted octanol–water partition coefficient (Wildman–Crippen LogP) is 3.11. The van der Waals surface area contributed by atoms with E-state index >= 15 is 0 Å². The number of hydrogen-bond acceptors (Lipinski definition) is 5. The van der Waals surface area contributed by atoms with Crippen molar-refractivity contribution in [3.63, 3.8) is 0 Å². The van der Waals surface area contributed by atoms with Crippen LogP contribution in [0.15, 0.2) is 11.0 Å². The minimum atomic E-state index is -0.273. The van der Waals surface area contributed by atoms with Gasteiger partial charge >= 0.3 is 0 Å². The molecule has 136 valence electrons. The zero-order valence-electron chi connectivity index (χ0n) is 15.3. The van der Waals surface area contributed by atoms with Gasteiger partial charge in [0.1, 0.15) is 12.3 Å². The lowest BCUT2D eigenvalue weighted by Crippen LogP contribution is -2.34. The van der Waals surface area contributed by atoms with Crippen molar-refractivity contribution in [2.45, 2.75) is 78.1 Å². The highest BCUT2D eigenvalue weighted by atomic mass is 32.1. The Bertz CT molecular complexity index is 674. The summed E-state index contributed by atoms with van der Waals surface area (Å²) in [7, 11) is 0. The van der Waals surface area contributed by atoms with E-state index in [1.165, 1.54) is 0 Å². The van der Waals surface area contributed by atoms with Crippen molar-refractivity contribution < 1.29 is 14.2 Å². The van der Waals surface area contributed by atoms with Crippen LogP contribution in [-0.2, 0) is 14.2 Å². The molecular weight excluding hydrogens is 328 g/mol. The Balaban J connectivity index is 2.20. The topological polar surface area (TPSA) is 65.5 Å². The molecule has 7 heteroatoms. The van der Waals surface area contributed by atoms with Crippen LogP contribution in [0.2, 0.25) is 0 Å². The second kappa shape index (κ2) is 7.47. The number of hydrogen-bond donors (Lipinski definition) is 1. The zero-order valence-corrected chi connectivity index (χ0v) is 16.1. The van der Waals surface area contributed by atoms with E-state index in [1.807, 2.05) is 34.6 Å². The lowest BCUT2D eigenvalue weighted by Gasteiger charge is -2.26. The van der Waals surface area contributed by atoms with E-state index in [-0.39, 0.29) is 35.7 Å². The largest absolute Gasteiger partial charge is 0.373 e. The first-order chi connectivity index (χ1) is 11.1. The van der Waals surface area contributed by atoms with Gasteiger partial charge in [-0.3, -0.25) is 14.3 Å². The van der Waals surface area contributed by atoms with Crippen molar-refractivity contribution in [2.24, 2.45) is 0 Å². The highest BCUT2D eigenvalue weighted by molar-refractivity contribution is 7.71. The smallest absolute Gasteiger partial charge is 0.254 e. The number of aromatic amines is 1. The quantitative estimate of drug-likeness (QED) is 0.821. The number of aromatic nitrogens is 2. The van der Waals surface area contributed by atoms with E-state index in [4.69, 9.17) is 26.4 Å². The standard InChI is InChI=1S/C17H28N2O4S/c1-10(2)22-12-7-14(23-13(12)9-21-17(4,5)6)19-8-11(3)15(20)18-16(19)24/h8,10,12-14H,7,9H2,1-6H3,(H,18,20,24)/t12?,13-,14-/m1/s1. The van der Waals surface area contributed by atoms with Crippen LogP contribution in [0.1, 0.15) is 52.8 Å². The van der Waals surface area contributed by atoms with Gasteiger partial charge in [-0.15, -0.1) is 0 Å². The minimum Gasteiger partial charge on any atom is -0.373 e. The van der Waals surface area contributed by atoms with Crippen LogP contribution in [0, 0.1) is 11.7 Å². The van der Waals surface area contributed by atoms with Gasteiger partial charge in [-0.2, -0.15) is 0 Å². The second-order valence-corrected chi connectivity index (χ2v) is 7.88. The van der Waals surface area contributed by atoms with Gasteiger partial charge in [0.15, 0.2) is 4.77 Å². The van der Waals surface area contributed by atoms with Crippen LogP contribution in [0.3, 0.4) is 0 Å². The van der Waals surface area contributed by atoms with Crippen molar-refractivity contribution in [1.82, 2.24) is 9.55 Å². The number of nitrogens with one attached hydrogen (secondary N) is 1. The summed E-state index contributed by atoms with van der Waals surface area (Å²) in [6, 6.07) is 0. The van der Waals surface area contributed by atoms with Crippen LogP contribution in [0.25, 0.3) is 0 Å². The van der Waals surface area contributed by atoms with E-state index in [0.29, 0.717) is 23.4 Å². The fourth-order valence-corrected chi connectivity index (χ4v) is 2.91. The second-order valence-electron chi connectivity index (χ2n) is 7.49. The molecule has 0 radical (unpaired) electrons. The Kier molecular flexibility index (Phi) is 6.01. The summed E-state index contributed by atoms with van der Waals surface area (Å²) in [6.45, 7) is 12.3. The normalized spacial score (nSPS) is 24.7. The van der Waals surface area contributed by atoms with Crippen molar-refractivity contribution in [3.05, 3.63) is 26.9 Å². The third-order valence-corrected chi connectivity index (χ3v) is 4.08. The SMILES string of the molecule is Cc1cn([C@H]2CC(OC(C)C)[C@@H](COC(C)(C)C)O2)c(=S)[nH]c1=O. The number of nitrogens with zero attached hydrogens (tertiary/aromatic N) is 1. The average molecular weight is 356 g/mol. The van der Waals surface area contributed by atoms with Crippen molar-refractivity contribution >= 4 is 12.2 Å². The fraction of sp³-hybridized carbons (Fsp3) is 0.765. The van der Waals surface area contributed by atoms with E-state index < -0.39 is 0 Å². The summed E-state index contributed by atoms with van der Waals surface area (Å²) >= 11 is 5.28. The van der Waals surface area contributed by atoms with E-state index in [0.717, 1.165) is 0 Å². The van der Waals surface area contributed by atoms with Crippen molar-refractivity contribution in [3.8, 4) is 0 Å². The molecule has 0 bridgehead atoms. The first-order valence-electron chi connectivity index (χ1n) is 8.34. The lowest BCUT2D eigenvalue weighted by molar-refractivity contribution is -0.115. The van der Waals surface area contributed by atoms with Gasteiger partial charge in [0, 0.05) is 18.2 Å². The molecule has 0 aliphatic carbocycles. The average Bonchev–Trinajstić information content (AvgIpc) is 2.82. The maximum absolute atomic E-state index is 11.7. The molecule has 1 saturated heterocycles. The van der Waals surface area contributed by atoms with Crippen molar-refractivity contribution in [2.75, 3.05) is 6.61 Å². The maximum atomic E-state index is 11.7. The molecule has 1 aliphatic heterocycles. The van der Waals surface area contributed by atoms with Crippen molar-refractivity contribution in [1.29, 1.82) is 0 Å². The first-order valence-corrected chi connectivity index (χ1v) is 8.74. The molecular formula is C17H28N2O4S. The van der Waals surface area contributed by atoms with E-state index in [9.17, 15) is 4.79 Å². The Morgan fingerprint density at radius 2 is 2.12 bits per heavy atom. The number of aryl methyl sites for hydroxylation is 1. The summed E-state index contributed by atoms with van der Waals surface area (Å²) in [5.41, 5.74) is 0.189. The molecule has 1 N–H and O–H groups in total. The molecule has 0 spiro atoms. The third kappa shape index (κ3) is 4.99. The Labute approximate surface area is 148 Å². The lowest BCUT2D eigenvalue weighted by atomic mass is 10.1. The number of H-pyrrole nitrogens is 1. The molecule has 1 unspecified atom stereocenters. The zero-order chi connectivity index (χ0) is 18.1. The van der Waals surface area contributed by atoms with E-state index in [2.05, 4.69) is 4.98 Å². The summed E-state index contributed by atoms with van der Waals surface area (Å²) in [5.74, 6) is 0. The molecule has 1 aliphatic rings. The van der Waals surface area contributed by atoms with Crippen LogP contribution in [0.5, 0.6) is 0 Å². The highest BCUT2D eigenvalue weighted by Crippen LogP contribution is 2.32. The molecule has 1 fully saturated rings. The number of ether oxygens (including phenoxy) is 3. The molecule has 1 aromatic heterocycles. The monoisotopic (exact) mass is 356 g/mol. The van der Waals surface area contributed by atoms with Gasteiger partial charge in [0.2, 0.25) is 0 Å². The minimum absolute atomic E-state index is 0.0773. The molecule has 3 atom stereocenters. The predicted molar refractivity (Wildman–Crippen MR) is 94.9 cm³/mol. The van der Waals surface area contributed by atoms with Gasteiger partial charge in [-0.25, -0.2) is 0 Å². The van der Waals surface area contributed by atoms with Crippen LogP contribution in [-0.4, -0.2) is 40.1 Å². The van der Waals surface area contributed by atoms with Gasteiger partial charge in [0.25, 0.3) is 5.56 Å². The number of rotatable bonds is 5. The van der Waals surface area contributed by atoms with E-state index in [1.54, 1.807) is 17.7 Å². The summed E-state index contributed by atoms with van der Waals surface area (Å²) in [4.78, 5) is 14.4. The fourth-order valence-electron chi connectivity index (χ4n) is 2.65. The molecule has 0 amide bonds. The highest BCUT2D eigenvalue weighted by Gasteiger charge is 2.38. The third-order valence-electron chi connectivity index (χ3n) is 3.76. The molecule has 6 nitrogen and oxygen atoms in total. The maximum Gasteiger partial charge on any atom is 0.254 e. The van der Waals surface area contributed by atoms with Gasteiger partial charge in [0.05, 0.1) is 24.4 Å². The molecule has 2 heterocycles. The molecule has 1 aromatic rings. The van der Waals surface area contributed by atoms with Gasteiger partial charge in [-0.1, -0.05) is 0 Å². The van der Waals surface area contributed by atoms with Crippen LogP contribution >= 0.6 is 12.2 Å². The first kappa shape index (κ1) is 19.3. The Hall–Kier alpha value is -1.02.